The Morgan fingerprint density at radius 3 is 2.39 bits per heavy atom. The standard InChI is InChI=1S/C17H23N3O3/c1-2-18-17(23)19-15(21)12-20-10-8-14(9-11-20)16(22)13-6-4-3-5-7-13/h3-7,14H,2,8-12H2,1H3,(H2,18,19,21,23). The highest BCUT2D eigenvalue weighted by Crippen LogP contribution is 2.21. The molecule has 23 heavy (non-hydrogen) atoms. The maximum atomic E-state index is 12.4. The highest BCUT2D eigenvalue weighted by molar-refractivity contribution is 5.98. The second-order valence-electron chi connectivity index (χ2n) is 5.69. The largest absolute Gasteiger partial charge is 0.338 e. The molecule has 1 heterocycles. The van der Waals surface area contributed by atoms with Gasteiger partial charge in [-0.25, -0.2) is 4.79 Å². The number of hydrogen-bond donors (Lipinski definition) is 2. The number of urea groups is 1. The van der Waals surface area contributed by atoms with Crippen molar-refractivity contribution >= 4 is 17.7 Å². The van der Waals surface area contributed by atoms with E-state index in [9.17, 15) is 14.4 Å². The number of benzene rings is 1. The Kier molecular flexibility index (Phi) is 6.29. The van der Waals surface area contributed by atoms with Crippen LogP contribution in [0.1, 0.15) is 30.1 Å². The van der Waals surface area contributed by atoms with E-state index in [1.165, 1.54) is 0 Å². The number of nitrogens with zero attached hydrogens (tertiary/aromatic N) is 1. The number of imide groups is 1. The van der Waals surface area contributed by atoms with Gasteiger partial charge in [-0.2, -0.15) is 0 Å². The molecule has 0 atom stereocenters. The van der Waals surface area contributed by atoms with E-state index in [1.54, 1.807) is 6.92 Å². The molecule has 1 aliphatic heterocycles. The van der Waals surface area contributed by atoms with Gasteiger partial charge in [0.15, 0.2) is 5.78 Å². The summed E-state index contributed by atoms with van der Waals surface area (Å²) >= 11 is 0. The minimum atomic E-state index is -0.466. The lowest BCUT2D eigenvalue weighted by Gasteiger charge is -2.30. The maximum Gasteiger partial charge on any atom is 0.321 e. The number of ketones is 1. The van der Waals surface area contributed by atoms with Gasteiger partial charge in [0.25, 0.3) is 0 Å². The first-order valence-corrected chi connectivity index (χ1v) is 7.99. The first-order valence-electron chi connectivity index (χ1n) is 7.99. The van der Waals surface area contributed by atoms with Gasteiger partial charge in [-0.1, -0.05) is 30.3 Å². The molecule has 0 radical (unpaired) electrons. The van der Waals surface area contributed by atoms with E-state index in [-0.39, 0.29) is 24.2 Å². The summed E-state index contributed by atoms with van der Waals surface area (Å²) in [6.45, 7) is 3.83. The second-order valence-corrected chi connectivity index (χ2v) is 5.69. The van der Waals surface area contributed by atoms with Gasteiger partial charge in [0, 0.05) is 18.0 Å². The molecule has 2 rings (SSSR count). The molecule has 0 spiro atoms. The van der Waals surface area contributed by atoms with Gasteiger partial charge < -0.3 is 5.32 Å². The van der Waals surface area contributed by atoms with Crippen LogP contribution in [0.5, 0.6) is 0 Å². The Hall–Kier alpha value is -2.21. The predicted molar refractivity (Wildman–Crippen MR) is 87.2 cm³/mol. The van der Waals surface area contributed by atoms with E-state index in [1.807, 2.05) is 35.2 Å². The third-order valence-electron chi connectivity index (χ3n) is 3.97. The zero-order valence-corrected chi connectivity index (χ0v) is 13.4. The van der Waals surface area contributed by atoms with Crippen LogP contribution < -0.4 is 10.6 Å². The lowest BCUT2D eigenvalue weighted by atomic mass is 9.89. The second kappa shape index (κ2) is 8.43. The van der Waals surface area contributed by atoms with Gasteiger partial charge in [0.2, 0.25) is 5.91 Å². The fourth-order valence-electron chi connectivity index (χ4n) is 2.77. The highest BCUT2D eigenvalue weighted by Gasteiger charge is 2.26. The highest BCUT2D eigenvalue weighted by atomic mass is 16.2. The molecule has 1 aromatic carbocycles. The van der Waals surface area contributed by atoms with Crippen LogP contribution in [0.3, 0.4) is 0 Å². The Labute approximate surface area is 136 Å². The van der Waals surface area contributed by atoms with Crippen molar-refractivity contribution in [3.05, 3.63) is 35.9 Å². The number of Topliss-reactive ketones (excluding diaryl/α,β-unsaturated/α-hetero) is 1. The Morgan fingerprint density at radius 1 is 1.13 bits per heavy atom. The van der Waals surface area contributed by atoms with Crippen molar-refractivity contribution in [3.8, 4) is 0 Å². The minimum Gasteiger partial charge on any atom is -0.338 e. The van der Waals surface area contributed by atoms with Crippen LogP contribution in [0.25, 0.3) is 0 Å². The van der Waals surface area contributed by atoms with Crippen molar-refractivity contribution in [2.24, 2.45) is 5.92 Å². The Morgan fingerprint density at radius 2 is 1.78 bits per heavy atom. The Bertz CT molecular complexity index is 551. The molecular weight excluding hydrogens is 294 g/mol. The average Bonchev–Trinajstić information content (AvgIpc) is 2.56. The molecule has 0 bridgehead atoms. The molecule has 3 amide bonds. The van der Waals surface area contributed by atoms with Crippen molar-refractivity contribution in [2.45, 2.75) is 19.8 Å². The number of likely N-dealkylation sites (tertiary alicyclic amines) is 1. The number of rotatable bonds is 5. The molecule has 124 valence electrons. The van der Waals surface area contributed by atoms with E-state index in [4.69, 9.17) is 0 Å². The molecule has 0 saturated carbocycles. The lowest BCUT2D eigenvalue weighted by Crippen LogP contribution is -2.46. The van der Waals surface area contributed by atoms with Crippen LogP contribution in [0.2, 0.25) is 0 Å². The van der Waals surface area contributed by atoms with E-state index < -0.39 is 6.03 Å². The topological polar surface area (TPSA) is 78.5 Å². The van der Waals surface area contributed by atoms with Crippen LogP contribution in [0, 0.1) is 5.92 Å². The van der Waals surface area contributed by atoms with E-state index >= 15 is 0 Å². The normalized spacial score (nSPS) is 15.9. The number of carbonyl (C=O) groups is 3. The molecule has 0 aromatic heterocycles. The van der Waals surface area contributed by atoms with Crippen molar-refractivity contribution in [1.82, 2.24) is 15.5 Å². The van der Waals surface area contributed by atoms with Gasteiger partial charge >= 0.3 is 6.03 Å². The summed E-state index contributed by atoms with van der Waals surface area (Å²) in [5.41, 5.74) is 0.750. The van der Waals surface area contributed by atoms with Gasteiger partial charge in [-0.05, 0) is 32.9 Å². The van der Waals surface area contributed by atoms with Gasteiger partial charge in [0.1, 0.15) is 0 Å². The van der Waals surface area contributed by atoms with Crippen LogP contribution in [-0.4, -0.2) is 48.8 Å². The van der Waals surface area contributed by atoms with Gasteiger partial charge in [-0.3, -0.25) is 19.8 Å². The molecule has 1 fully saturated rings. The van der Waals surface area contributed by atoms with Crippen molar-refractivity contribution in [3.63, 3.8) is 0 Å². The first-order chi connectivity index (χ1) is 11.1. The third-order valence-corrected chi connectivity index (χ3v) is 3.97. The number of carbonyl (C=O) groups excluding carboxylic acids is 3. The predicted octanol–water partition coefficient (Wildman–Crippen LogP) is 1.43. The molecule has 0 aliphatic carbocycles. The lowest BCUT2D eigenvalue weighted by molar-refractivity contribution is -0.121. The molecule has 6 heteroatoms. The summed E-state index contributed by atoms with van der Waals surface area (Å²) in [6.07, 6.45) is 1.48. The zero-order chi connectivity index (χ0) is 16.7. The molecule has 1 aliphatic rings. The summed E-state index contributed by atoms with van der Waals surface area (Å²) in [7, 11) is 0. The Balaban J connectivity index is 1.77. The number of hydrogen-bond acceptors (Lipinski definition) is 4. The van der Waals surface area contributed by atoms with Crippen LogP contribution in [0.4, 0.5) is 4.79 Å². The summed E-state index contributed by atoms with van der Waals surface area (Å²) in [4.78, 5) is 37.4. The average molecular weight is 317 g/mol. The fourth-order valence-corrected chi connectivity index (χ4v) is 2.77. The molecule has 0 unspecified atom stereocenters. The smallest absolute Gasteiger partial charge is 0.321 e. The summed E-state index contributed by atoms with van der Waals surface area (Å²) in [6, 6.07) is 8.85. The van der Waals surface area contributed by atoms with Crippen LogP contribution in [-0.2, 0) is 4.79 Å². The van der Waals surface area contributed by atoms with Crippen molar-refractivity contribution in [2.75, 3.05) is 26.2 Å². The van der Waals surface area contributed by atoms with Crippen LogP contribution in [0.15, 0.2) is 30.3 Å². The fraction of sp³-hybridized carbons (Fsp3) is 0.471. The quantitative estimate of drug-likeness (QED) is 0.805. The van der Waals surface area contributed by atoms with E-state index in [0.29, 0.717) is 19.6 Å². The first kappa shape index (κ1) is 17.1. The SMILES string of the molecule is CCNC(=O)NC(=O)CN1CCC(C(=O)c2ccccc2)CC1. The zero-order valence-electron chi connectivity index (χ0n) is 13.4. The monoisotopic (exact) mass is 317 g/mol. The minimum absolute atomic E-state index is 0.0140. The van der Waals surface area contributed by atoms with Crippen LogP contribution >= 0.6 is 0 Å². The number of amides is 3. The number of nitrogens with one attached hydrogen (secondary N) is 2. The molecule has 1 saturated heterocycles. The summed E-state index contributed by atoms with van der Waals surface area (Å²) < 4.78 is 0. The number of piperidine rings is 1. The molecule has 6 nitrogen and oxygen atoms in total. The molecule has 1 aromatic rings. The third kappa shape index (κ3) is 5.17. The van der Waals surface area contributed by atoms with Crippen molar-refractivity contribution < 1.29 is 14.4 Å². The maximum absolute atomic E-state index is 12.4. The van der Waals surface area contributed by atoms with E-state index in [0.717, 1.165) is 18.4 Å². The molecular formula is C17H23N3O3. The molecule has 2 N–H and O–H groups in total. The summed E-state index contributed by atoms with van der Waals surface area (Å²) in [5, 5.41) is 4.81. The van der Waals surface area contributed by atoms with E-state index in [2.05, 4.69) is 10.6 Å². The van der Waals surface area contributed by atoms with Gasteiger partial charge in [-0.15, -0.1) is 0 Å². The van der Waals surface area contributed by atoms with Gasteiger partial charge in [0.05, 0.1) is 6.54 Å². The summed E-state index contributed by atoms with van der Waals surface area (Å²) in [5.74, 6) is -0.124. The van der Waals surface area contributed by atoms with Crippen molar-refractivity contribution in [1.29, 1.82) is 0 Å².